The Bertz CT molecular complexity index is 935. The zero-order chi connectivity index (χ0) is 24.3. The monoisotopic (exact) mass is 466 g/mol. The summed E-state index contributed by atoms with van der Waals surface area (Å²) in [7, 11) is 0. The van der Waals surface area contributed by atoms with Gasteiger partial charge in [0, 0.05) is 23.6 Å². The predicted octanol–water partition coefficient (Wildman–Crippen LogP) is 6.14. The van der Waals surface area contributed by atoms with Crippen LogP contribution in [-0.2, 0) is 9.53 Å². The lowest BCUT2D eigenvalue weighted by molar-refractivity contribution is -0.155. The highest BCUT2D eigenvalue weighted by Crippen LogP contribution is 2.65. The molecule has 5 heteroatoms. The van der Waals surface area contributed by atoms with Gasteiger partial charge in [-0.05, 0) is 101 Å². The van der Waals surface area contributed by atoms with Crippen LogP contribution in [0.3, 0.4) is 0 Å². The Labute approximate surface area is 205 Å². The Hall–Kier alpha value is -1.88. The Balaban J connectivity index is 1.32. The van der Waals surface area contributed by atoms with E-state index in [-0.39, 0.29) is 29.2 Å². The zero-order valence-corrected chi connectivity index (χ0v) is 21.5. The fourth-order valence-electron chi connectivity index (χ4n) is 9.26. The SMILES string of the molecule is CC1C[C@H]2[C@@H]3CCN4C(C)C(=O)CC[C@]4(C)[C@H]3CC[C@]2(C)[C@H]1C(C)OC(=O)Nc1ccccc1. The number of carbonyl (C=O) groups excluding carboxylic acids is 2. The van der Waals surface area contributed by atoms with Crippen LogP contribution in [0, 0.1) is 35.0 Å². The average Bonchev–Trinajstić information content (AvgIpc) is 3.07. The Morgan fingerprint density at radius 1 is 1.12 bits per heavy atom. The number of carbonyl (C=O) groups is 2. The average molecular weight is 467 g/mol. The molecular formula is C29H42N2O3. The number of ketones is 1. The van der Waals surface area contributed by atoms with Crippen molar-refractivity contribution in [1.29, 1.82) is 0 Å². The molecule has 3 unspecified atom stereocenters. The molecule has 2 aliphatic carbocycles. The topological polar surface area (TPSA) is 58.6 Å². The van der Waals surface area contributed by atoms with E-state index in [1.807, 2.05) is 30.3 Å². The van der Waals surface area contributed by atoms with Crippen molar-refractivity contribution in [3.05, 3.63) is 30.3 Å². The fourth-order valence-corrected chi connectivity index (χ4v) is 9.26. The van der Waals surface area contributed by atoms with Gasteiger partial charge < -0.3 is 4.74 Å². The van der Waals surface area contributed by atoms with Crippen molar-refractivity contribution in [2.75, 3.05) is 11.9 Å². The Morgan fingerprint density at radius 3 is 2.59 bits per heavy atom. The largest absolute Gasteiger partial charge is 0.446 e. The molecule has 0 spiro atoms. The number of anilines is 1. The van der Waals surface area contributed by atoms with Gasteiger partial charge in [-0.25, -0.2) is 4.79 Å². The number of rotatable bonds is 3. The quantitative estimate of drug-likeness (QED) is 0.581. The third kappa shape index (κ3) is 3.70. The minimum absolute atomic E-state index is 0.0693. The van der Waals surface area contributed by atoms with Crippen molar-refractivity contribution in [3.63, 3.8) is 0 Å². The number of Topliss-reactive ketones (excluding diaryl/α,β-unsaturated/α-hetero) is 1. The second-order valence-electron chi connectivity index (χ2n) is 12.2. The molecule has 1 aromatic carbocycles. The van der Waals surface area contributed by atoms with Crippen LogP contribution in [0.15, 0.2) is 30.3 Å². The molecule has 186 valence electrons. The van der Waals surface area contributed by atoms with Crippen molar-refractivity contribution < 1.29 is 14.3 Å². The molecule has 4 fully saturated rings. The Kier molecular flexibility index (Phi) is 6.07. The van der Waals surface area contributed by atoms with Crippen molar-refractivity contribution >= 4 is 17.6 Å². The van der Waals surface area contributed by atoms with Crippen LogP contribution in [0.4, 0.5) is 10.5 Å². The van der Waals surface area contributed by atoms with Crippen LogP contribution in [0.25, 0.3) is 0 Å². The van der Waals surface area contributed by atoms with Crippen molar-refractivity contribution in [3.8, 4) is 0 Å². The first kappa shape index (κ1) is 23.8. The predicted molar refractivity (Wildman–Crippen MR) is 135 cm³/mol. The maximum Gasteiger partial charge on any atom is 0.411 e. The van der Waals surface area contributed by atoms with Gasteiger partial charge in [-0.3, -0.25) is 15.0 Å². The molecule has 9 atom stereocenters. The van der Waals surface area contributed by atoms with Crippen molar-refractivity contribution in [1.82, 2.24) is 4.90 Å². The van der Waals surface area contributed by atoms with Crippen LogP contribution >= 0.6 is 0 Å². The van der Waals surface area contributed by atoms with Crippen LogP contribution in [0.5, 0.6) is 0 Å². The summed E-state index contributed by atoms with van der Waals surface area (Å²) in [5.74, 6) is 3.37. The highest BCUT2D eigenvalue weighted by Gasteiger charge is 2.63. The van der Waals surface area contributed by atoms with E-state index in [0.717, 1.165) is 25.1 Å². The summed E-state index contributed by atoms with van der Waals surface area (Å²) in [6, 6.07) is 9.60. The molecule has 1 aromatic rings. The van der Waals surface area contributed by atoms with Gasteiger partial charge >= 0.3 is 6.09 Å². The third-order valence-corrected chi connectivity index (χ3v) is 10.7. The van der Waals surface area contributed by atoms with E-state index in [1.165, 1.54) is 25.7 Å². The summed E-state index contributed by atoms with van der Waals surface area (Å²) >= 11 is 0. The third-order valence-electron chi connectivity index (χ3n) is 10.7. The number of hydrogen-bond donors (Lipinski definition) is 1. The highest BCUT2D eigenvalue weighted by atomic mass is 16.6. The number of amides is 1. The summed E-state index contributed by atoms with van der Waals surface area (Å²) in [6.07, 6.45) is 6.10. The smallest absolute Gasteiger partial charge is 0.411 e. The standard InChI is InChI=1S/C29H42N2O3/c1-18-17-24-22-13-16-31-19(2)25(32)12-15-29(31,5)23(22)11-14-28(24,4)26(18)20(3)34-27(33)30-21-9-7-6-8-10-21/h6-10,18-20,22-24,26H,11-17H2,1-5H3,(H,30,33)/t18?,19?,20?,22-,23+,24+,26-,28+,29-/m1/s1. The fraction of sp³-hybridized carbons (Fsp3) is 0.724. The molecule has 4 aliphatic rings. The van der Waals surface area contributed by atoms with E-state index >= 15 is 0 Å². The first-order valence-corrected chi connectivity index (χ1v) is 13.5. The van der Waals surface area contributed by atoms with Gasteiger partial charge in [-0.2, -0.15) is 0 Å². The summed E-state index contributed by atoms with van der Waals surface area (Å²) < 4.78 is 5.99. The molecular weight excluding hydrogens is 424 g/mol. The molecule has 0 aromatic heterocycles. The summed E-state index contributed by atoms with van der Waals surface area (Å²) in [6.45, 7) is 12.6. The molecule has 2 aliphatic heterocycles. The first-order valence-electron chi connectivity index (χ1n) is 13.5. The molecule has 2 heterocycles. The van der Waals surface area contributed by atoms with Gasteiger partial charge in [0.25, 0.3) is 0 Å². The maximum absolute atomic E-state index is 12.7. The van der Waals surface area contributed by atoms with Gasteiger partial charge in [0.2, 0.25) is 0 Å². The minimum Gasteiger partial charge on any atom is -0.446 e. The second-order valence-corrected chi connectivity index (χ2v) is 12.2. The molecule has 5 nitrogen and oxygen atoms in total. The molecule has 34 heavy (non-hydrogen) atoms. The van der Waals surface area contributed by atoms with E-state index in [0.29, 0.717) is 35.4 Å². The van der Waals surface area contributed by atoms with Crippen LogP contribution < -0.4 is 5.32 Å². The molecule has 2 saturated carbocycles. The molecule has 1 N–H and O–H groups in total. The second kappa shape index (κ2) is 8.65. The first-order chi connectivity index (χ1) is 16.1. The van der Waals surface area contributed by atoms with Crippen molar-refractivity contribution in [2.24, 2.45) is 35.0 Å². The lowest BCUT2D eigenvalue weighted by Gasteiger charge is -2.62. The number of benzene rings is 1. The molecule has 0 radical (unpaired) electrons. The van der Waals surface area contributed by atoms with E-state index in [2.05, 4.69) is 44.8 Å². The van der Waals surface area contributed by atoms with Crippen LogP contribution in [0.2, 0.25) is 0 Å². The number of para-hydroxylation sites is 1. The van der Waals surface area contributed by atoms with Gasteiger partial charge in [-0.15, -0.1) is 0 Å². The summed E-state index contributed by atoms with van der Waals surface area (Å²) in [5.41, 5.74) is 1.11. The number of ether oxygens (including phenoxy) is 1. The van der Waals surface area contributed by atoms with Gasteiger partial charge in [-0.1, -0.05) is 32.0 Å². The van der Waals surface area contributed by atoms with E-state index in [1.54, 1.807) is 0 Å². The lowest BCUT2D eigenvalue weighted by Crippen LogP contribution is -2.67. The molecule has 5 rings (SSSR count). The summed E-state index contributed by atoms with van der Waals surface area (Å²) in [5, 5.41) is 2.89. The number of piperidine rings is 2. The zero-order valence-electron chi connectivity index (χ0n) is 21.5. The minimum atomic E-state index is -0.353. The number of fused-ring (bicyclic) bond motifs is 5. The number of nitrogens with one attached hydrogen (secondary N) is 1. The van der Waals surface area contributed by atoms with E-state index in [9.17, 15) is 9.59 Å². The normalized spacial score (nSPS) is 42.8. The highest BCUT2D eigenvalue weighted by molar-refractivity contribution is 5.85. The molecule has 0 bridgehead atoms. The maximum atomic E-state index is 12.7. The van der Waals surface area contributed by atoms with Crippen LogP contribution in [-0.4, -0.2) is 41.0 Å². The van der Waals surface area contributed by atoms with Crippen molar-refractivity contribution in [2.45, 2.75) is 90.8 Å². The van der Waals surface area contributed by atoms with Gasteiger partial charge in [0.05, 0.1) is 6.04 Å². The number of nitrogens with zero attached hydrogens (tertiary/aromatic N) is 1. The Morgan fingerprint density at radius 2 is 1.85 bits per heavy atom. The van der Waals surface area contributed by atoms with E-state index < -0.39 is 0 Å². The molecule has 1 amide bonds. The molecule has 2 saturated heterocycles. The summed E-state index contributed by atoms with van der Waals surface area (Å²) in [4.78, 5) is 27.7. The van der Waals surface area contributed by atoms with Gasteiger partial charge in [0.1, 0.15) is 11.9 Å². The van der Waals surface area contributed by atoms with E-state index in [4.69, 9.17) is 4.74 Å². The van der Waals surface area contributed by atoms with Crippen LogP contribution in [0.1, 0.15) is 73.1 Å². The lowest BCUT2D eigenvalue weighted by atomic mass is 9.51. The number of hydrogen-bond acceptors (Lipinski definition) is 4. The van der Waals surface area contributed by atoms with Gasteiger partial charge in [0.15, 0.2) is 0 Å².